The van der Waals surface area contributed by atoms with Crippen LogP contribution in [0.15, 0.2) is 33.8 Å². The van der Waals surface area contributed by atoms with Gasteiger partial charge in [0.2, 0.25) is 10.9 Å². The summed E-state index contributed by atoms with van der Waals surface area (Å²) in [6.07, 6.45) is 13.1. The lowest BCUT2D eigenvalue weighted by Gasteiger charge is -2.71. The van der Waals surface area contributed by atoms with E-state index in [0.29, 0.717) is 23.8 Å². The molecule has 0 radical (unpaired) electrons. The summed E-state index contributed by atoms with van der Waals surface area (Å²) in [6.45, 7) is 21.7. The van der Waals surface area contributed by atoms with Gasteiger partial charge in [-0.1, -0.05) is 46.3 Å². The highest BCUT2D eigenvalue weighted by Gasteiger charge is 2.70. The van der Waals surface area contributed by atoms with E-state index in [1.54, 1.807) is 4.31 Å². The molecular weight excluding hydrogens is 558 g/mol. The van der Waals surface area contributed by atoms with Crippen LogP contribution in [0, 0.1) is 51.2 Å². The lowest BCUT2D eigenvalue weighted by atomic mass is 9.33. The van der Waals surface area contributed by atoms with Crippen molar-refractivity contribution in [1.82, 2.24) is 4.31 Å². The topological polar surface area (TPSA) is 87.8 Å². The van der Waals surface area contributed by atoms with Gasteiger partial charge in [-0.15, -0.1) is 0 Å². The third-order valence-corrected chi connectivity index (χ3v) is 17.1. The van der Waals surface area contributed by atoms with Crippen molar-refractivity contribution in [1.29, 1.82) is 0 Å². The third kappa shape index (κ3) is 4.11. The largest absolute Gasteiger partial charge is 0.475 e. The van der Waals surface area contributed by atoms with Gasteiger partial charge in [0.15, 0.2) is 0 Å². The quantitative estimate of drug-likeness (QED) is 0.335. The number of hydrogen-bond acceptors (Lipinski definition) is 4. The molecule has 7 heteroatoms. The Morgan fingerprint density at radius 1 is 0.977 bits per heavy atom. The average molecular weight is 614 g/mol. The third-order valence-electron chi connectivity index (χ3n) is 15.1. The van der Waals surface area contributed by atoms with Crippen LogP contribution in [0.25, 0.3) is 0 Å². The number of rotatable bonds is 5. The minimum Gasteiger partial charge on any atom is -0.475 e. The normalized spacial score (nSPS) is 44.4. The van der Waals surface area contributed by atoms with Crippen molar-refractivity contribution in [3.8, 4) is 0 Å². The molecule has 1 aliphatic heterocycles. The maximum absolute atomic E-state index is 14.0. The first-order valence-electron chi connectivity index (χ1n) is 17.0. The summed E-state index contributed by atoms with van der Waals surface area (Å²) in [7, 11) is -4.00. The predicted molar refractivity (Wildman–Crippen MR) is 169 cm³/mol. The molecule has 5 fully saturated rings. The molecule has 1 aromatic rings. The Morgan fingerprint density at radius 2 is 1.70 bits per heavy atom. The number of carbonyl (C=O) groups is 1. The smallest absolute Gasteiger partial charge is 0.371 e. The molecule has 0 aromatic carbocycles. The first-order chi connectivity index (χ1) is 20.0. The molecule has 6 nitrogen and oxygen atoms in total. The number of hydrogen-bond donors (Lipinski definition) is 1. The summed E-state index contributed by atoms with van der Waals surface area (Å²) in [5, 5.41) is 9.10. The fourth-order valence-corrected chi connectivity index (χ4v) is 14.7. The van der Waals surface area contributed by atoms with Gasteiger partial charge in [-0.05, 0) is 148 Å². The van der Waals surface area contributed by atoms with Crippen molar-refractivity contribution in [2.75, 3.05) is 6.54 Å². The van der Waals surface area contributed by atoms with Crippen molar-refractivity contribution >= 4 is 16.0 Å². The Bertz CT molecular complexity index is 1410. The van der Waals surface area contributed by atoms with Gasteiger partial charge in [-0.25, -0.2) is 13.2 Å². The molecule has 0 bridgehead atoms. The number of sulfonamides is 1. The number of allylic oxidation sites excluding steroid dienone is 1. The standard InChI is InChI=1S/C36H55NO5S/c1-9-36-19-15-24(23(2)3)30(36)25-11-13-28-33(6)17-10-22-37(43(40,41)29-14-12-26(42-29)31(38)39)32(4,5)27(33)16-18-35(28,8)34(25,7)20-21-36/h12,14,24-25,27-28,30H,2,9-11,13,15-22H2,1,3-8H3,(H,38,39)/t24-,25+,27?,28+,30+,33-,34+,35+,36+/m0/s1. The summed E-state index contributed by atoms with van der Waals surface area (Å²) in [6, 6.07) is 2.55. The second-order valence-electron chi connectivity index (χ2n) is 16.7. The number of nitrogens with zero attached hydrogens (tertiary/aromatic N) is 1. The Morgan fingerprint density at radius 3 is 2.33 bits per heavy atom. The van der Waals surface area contributed by atoms with E-state index < -0.39 is 21.5 Å². The Kier molecular flexibility index (Phi) is 7.26. The van der Waals surface area contributed by atoms with Crippen molar-refractivity contribution in [3.63, 3.8) is 0 Å². The highest BCUT2D eigenvalue weighted by atomic mass is 32.2. The highest BCUT2D eigenvalue weighted by Crippen LogP contribution is 2.77. The Hall–Kier alpha value is -1.60. The average Bonchev–Trinajstić information content (AvgIpc) is 3.56. The lowest BCUT2D eigenvalue weighted by Crippen LogP contribution is -2.66. The molecule has 1 aromatic heterocycles. The van der Waals surface area contributed by atoms with E-state index in [1.807, 2.05) is 0 Å². The van der Waals surface area contributed by atoms with Crippen LogP contribution in [-0.4, -0.2) is 35.9 Å². The van der Waals surface area contributed by atoms with Gasteiger partial charge in [0.05, 0.1) is 0 Å². The molecule has 1 N–H and O–H groups in total. The van der Waals surface area contributed by atoms with Crippen LogP contribution >= 0.6 is 0 Å². The summed E-state index contributed by atoms with van der Waals surface area (Å²) in [5.41, 5.74) is 1.75. The molecule has 6 rings (SSSR count). The first-order valence-corrected chi connectivity index (χ1v) is 18.4. The molecule has 43 heavy (non-hydrogen) atoms. The van der Waals surface area contributed by atoms with Crippen molar-refractivity contribution in [2.45, 2.75) is 130 Å². The molecule has 240 valence electrons. The number of carboxylic acid groups (broad SMARTS) is 1. The van der Waals surface area contributed by atoms with Crippen LogP contribution in [0.4, 0.5) is 0 Å². The molecule has 9 atom stereocenters. The second kappa shape index (κ2) is 9.95. The fourth-order valence-electron chi connectivity index (χ4n) is 12.9. The maximum atomic E-state index is 14.0. The lowest BCUT2D eigenvalue weighted by molar-refractivity contribution is -0.225. The number of aromatic carboxylic acids is 1. The van der Waals surface area contributed by atoms with Gasteiger partial charge in [0.1, 0.15) is 0 Å². The van der Waals surface area contributed by atoms with Crippen LogP contribution in [0.5, 0.6) is 0 Å². The zero-order valence-electron chi connectivity index (χ0n) is 27.7. The van der Waals surface area contributed by atoms with Gasteiger partial charge >= 0.3 is 5.97 Å². The molecule has 5 aliphatic rings. The van der Waals surface area contributed by atoms with E-state index in [-0.39, 0.29) is 33.0 Å². The Labute approximate surface area is 260 Å². The maximum Gasteiger partial charge on any atom is 0.371 e. The van der Waals surface area contributed by atoms with Crippen LogP contribution < -0.4 is 0 Å². The summed E-state index contributed by atoms with van der Waals surface area (Å²) in [5.74, 6) is 1.27. The number of fused-ring (bicyclic) bond motifs is 7. The van der Waals surface area contributed by atoms with Crippen molar-refractivity contribution in [3.05, 3.63) is 30.0 Å². The monoisotopic (exact) mass is 613 g/mol. The van der Waals surface area contributed by atoms with Crippen LogP contribution in [-0.2, 0) is 10.0 Å². The summed E-state index contributed by atoms with van der Waals surface area (Å²) < 4.78 is 35.1. The van der Waals surface area contributed by atoms with Gasteiger partial charge in [-0.3, -0.25) is 0 Å². The Balaban J connectivity index is 1.36. The number of furan rings is 1. The molecule has 2 heterocycles. The molecule has 1 saturated heterocycles. The summed E-state index contributed by atoms with van der Waals surface area (Å²) >= 11 is 0. The SMILES string of the molecule is C=C(C)[C@@H]1CC[C@]2(CC)CC[C@]3(C)[C@H](CC[C@@H]4[C@@]5(C)CCCN(S(=O)(=O)c6ccc(C(=O)O)o6)C(C)(C)C5CC[C@]43C)[C@@H]12. The molecule has 0 amide bonds. The van der Waals surface area contributed by atoms with E-state index in [4.69, 9.17) is 4.42 Å². The van der Waals surface area contributed by atoms with E-state index >= 15 is 0 Å². The molecule has 0 spiro atoms. The van der Waals surface area contributed by atoms with E-state index in [1.165, 1.54) is 62.7 Å². The molecule has 4 saturated carbocycles. The molecule has 4 aliphatic carbocycles. The summed E-state index contributed by atoms with van der Waals surface area (Å²) in [4.78, 5) is 11.5. The van der Waals surface area contributed by atoms with Gasteiger partial charge < -0.3 is 9.52 Å². The second-order valence-corrected chi connectivity index (χ2v) is 18.5. The number of carboxylic acids is 1. The van der Waals surface area contributed by atoms with Crippen LogP contribution in [0.3, 0.4) is 0 Å². The van der Waals surface area contributed by atoms with Crippen molar-refractivity contribution in [2.24, 2.45) is 51.2 Å². The van der Waals surface area contributed by atoms with Gasteiger partial charge in [-0.2, -0.15) is 4.31 Å². The molecule has 1 unspecified atom stereocenters. The van der Waals surface area contributed by atoms with Crippen molar-refractivity contribution < 1.29 is 22.7 Å². The zero-order chi connectivity index (χ0) is 31.4. The van der Waals surface area contributed by atoms with Crippen LogP contribution in [0.1, 0.15) is 130 Å². The van der Waals surface area contributed by atoms with Crippen LogP contribution in [0.2, 0.25) is 0 Å². The van der Waals surface area contributed by atoms with Gasteiger partial charge in [0.25, 0.3) is 10.0 Å². The minimum atomic E-state index is -4.00. The predicted octanol–water partition coefficient (Wildman–Crippen LogP) is 8.79. The molecular formula is C36H55NO5S. The fraction of sp³-hybridized carbons (Fsp3) is 0.806. The minimum absolute atomic E-state index is 0.0207. The van der Waals surface area contributed by atoms with Gasteiger partial charge in [0, 0.05) is 12.1 Å². The first kappa shape index (κ1) is 31.4. The van der Waals surface area contributed by atoms with E-state index in [9.17, 15) is 18.3 Å². The zero-order valence-corrected chi connectivity index (χ0v) is 28.5. The van der Waals surface area contributed by atoms with E-state index in [0.717, 1.165) is 37.5 Å². The van der Waals surface area contributed by atoms with E-state index in [2.05, 4.69) is 55.0 Å². The highest BCUT2D eigenvalue weighted by molar-refractivity contribution is 7.89.